The lowest BCUT2D eigenvalue weighted by Gasteiger charge is -2.17. The highest BCUT2D eigenvalue weighted by Crippen LogP contribution is 2.23. The molecule has 30 heavy (non-hydrogen) atoms. The van der Waals surface area contributed by atoms with Crippen LogP contribution in [0, 0.1) is 34.6 Å². The number of nitrogens with one attached hydrogen (secondary N) is 1. The largest absolute Gasteiger partial charge is 0.449 e. The van der Waals surface area contributed by atoms with Gasteiger partial charge in [0.05, 0.1) is 12.1 Å². The topological polar surface area (TPSA) is 60.3 Å². The van der Waals surface area contributed by atoms with E-state index in [9.17, 15) is 9.59 Å². The first-order valence-corrected chi connectivity index (χ1v) is 10.8. The number of benzene rings is 1. The van der Waals surface area contributed by atoms with Crippen LogP contribution in [0.4, 0.5) is 5.69 Å². The van der Waals surface area contributed by atoms with Crippen molar-refractivity contribution in [3.8, 4) is 0 Å². The van der Waals surface area contributed by atoms with Crippen LogP contribution in [0.3, 0.4) is 0 Å². The van der Waals surface area contributed by atoms with Crippen molar-refractivity contribution in [1.82, 2.24) is 4.57 Å². The maximum absolute atomic E-state index is 12.8. The van der Waals surface area contributed by atoms with Gasteiger partial charge in [-0.2, -0.15) is 0 Å². The highest BCUT2D eigenvalue weighted by atomic mass is 32.1. The third kappa shape index (κ3) is 4.65. The van der Waals surface area contributed by atoms with E-state index in [2.05, 4.69) is 16.0 Å². The molecule has 3 rings (SSSR count). The molecule has 3 aromatic rings. The van der Waals surface area contributed by atoms with Crippen LogP contribution in [0.1, 0.15) is 50.2 Å². The molecule has 0 saturated carbocycles. The molecule has 5 nitrogen and oxygen atoms in total. The van der Waals surface area contributed by atoms with Gasteiger partial charge in [-0.15, -0.1) is 11.3 Å². The number of thiophene rings is 1. The summed E-state index contributed by atoms with van der Waals surface area (Å²) < 4.78 is 7.59. The number of rotatable bonds is 6. The van der Waals surface area contributed by atoms with Crippen LogP contribution in [0.5, 0.6) is 0 Å². The van der Waals surface area contributed by atoms with Gasteiger partial charge in [-0.1, -0.05) is 23.8 Å². The molecule has 0 aliphatic heterocycles. The molecule has 0 aliphatic carbocycles. The van der Waals surface area contributed by atoms with E-state index in [1.807, 2.05) is 64.3 Å². The predicted octanol–water partition coefficient (Wildman–Crippen LogP) is 5.32. The Morgan fingerprint density at radius 3 is 2.37 bits per heavy atom. The van der Waals surface area contributed by atoms with Gasteiger partial charge in [0.1, 0.15) is 0 Å². The Kier molecular flexibility index (Phi) is 6.46. The Hall–Kier alpha value is -2.86. The van der Waals surface area contributed by atoms with Gasteiger partial charge in [-0.25, -0.2) is 4.79 Å². The smallest absolute Gasteiger partial charge is 0.340 e. The summed E-state index contributed by atoms with van der Waals surface area (Å²) in [5, 5.41) is 4.94. The molecular weight excluding hydrogens is 396 g/mol. The number of amides is 1. The van der Waals surface area contributed by atoms with Crippen LogP contribution >= 0.6 is 11.3 Å². The van der Waals surface area contributed by atoms with Crippen LogP contribution in [0.2, 0.25) is 0 Å². The van der Waals surface area contributed by atoms with E-state index < -0.39 is 12.1 Å². The summed E-state index contributed by atoms with van der Waals surface area (Å²) in [4.78, 5) is 26.6. The number of anilines is 1. The van der Waals surface area contributed by atoms with Crippen molar-refractivity contribution < 1.29 is 14.3 Å². The number of hydrogen-bond acceptors (Lipinski definition) is 4. The quantitative estimate of drug-likeness (QED) is 0.545. The Labute approximate surface area is 181 Å². The zero-order valence-corrected chi connectivity index (χ0v) is 19.1. The minimum atomic E-state index is -0.905. The molecule has 0 radical (unpaired) electrons. The van der Waals surface area contributed by atoms with Crippen LogP contribution in [0.15, 0.2) is 35.7 Å². The second kappa shape index (κ2) is 8.88. The van der Waals surface area contributed by atoms with Crippen molar-refractivity contribution in [2.75, 3.05) is 5.32 Å². The van der Waals surface area contributed by atoms with Crippen molar-refractivity contribution in [2.24, 2.45) is 0 Å². The molecule has 0 unspecified atom stereocenters. The summed E-state index contributed by atoms with van der Waals surface area (Å²) in [5.41, 5.74) is 6.18. The SMILES string of the molecule is Cc1cc(C)c(NC(=O)[C@@H](C)OC(=O)c2cc(C)n(Cc3cccs3)c2C)c(C)c1. The van der Waals surface area contributed by atoms with Gasteiger partial charge < -0.3 is 14.6 Å². The fraction of sp³-hybridized carbons (Fsp3) is 0.333. The van der Waals surface area contributed by atoms with Crippen molar-refractivity contribution in [2.45, 2.75) is 54.2 Å². The Bertz CT molecular complexity index is 1060. The minimum Gasteiger partial charge on any atom is -0.449 e. The van der Waals surface area contributed by atoms with Gasteiger partial charge in [-0.05, 0) is 70.2 Å². The summed E-state index contributed by atoms with van der Waals surface area (Å²) in [6, 6.07) is 9.94. The highest BCUT2D eigenvalue weighted by molar-refractivity contribution is 7.09. The van der Waals surface area contributed by atoms with E-state index in [0.717, 1.165) is 33.8 Å². The predicted molar refractivity (Wildman–Crippen MR) is 121 cm³/mol. The van der Waals surface area contributed by atoms with Crippen LogP contribution < -0.4 is 5.32 Å². The first-order valence-electron chi connectivity index (χ1n) is 9.96. The molecular formula is C24H28N2O3S. The standard InChI is InChI=1S/C24H28N2O3S/c1-14-10-15(2)22(16(3)11-14)25-23(27)19(6)29-24(28)21-12-17(4)26(18(21)5)13-20-8-7-9-30-20/h7-12,19H,13H2,1-6H3,(H,25,27)/t19-/m1/s1. The number of carbonyl (C=O) groups is 2. The van der Waals surface area contributed by atoms with Crippen LogP contribution in [-0.2, 0) is 16.1 Å². The summed E-state index contributed by atoms with van der Waals surface area (Å²) in [6.45, 7) is 12.1. The third-order valence-corrected chi connectivity index (χ3v) is 6.13. The average molecular weight is 425 g/mol. The number of aromatic nitrogens is 1. The monoisotopic (exact) mass is 424 g/mol. The number of aryl methyl sites for hydroxylation is 4. The molecule has 1 amide bonds. The van der Waals surface area contributed by atoms with Gasteiger partial charge in [0.15, 0.2) is 6.10 Å². The van der Waals surface area contributed by atoms with Gasteiger partial charge in [0.25, 0.3) is 5.91 Å². The lowest BCUT2D eigenvalue weighted by molar-refractivity contribution is -0.123. The lowest BCUT2D eigenvalue weighted by Crippen LogP contribution is -2.30. The van der Waals surface area contributed by atoms with Gasteiger partial charge in [-0.3, -0.25) is 4.79 Å². The molecule has 2 aromatic heterocycles. The summed E-state index contributed by atoms with van der Waals surface area (Å²) in [7, 11) is 0. The van der Waals surface area contributed by atoms with E-state index in [1.54, 1.807) is 18.3 Å². The first-order chi connectivity index (χ1) is 14.2. The number of hydrogen-bond donors (Lipinski definition) is 1. The second-order valence-electron chi connectivity index (χ2n) is 7.76. The van der Waals surface area contributed by atoms with Gasteiger partial charge in [0.2, 0.25) is 0 Å². The normalized spacial score (nSPS) is 11.9. The molecule has 0 saturated heterocycles. The molecule has 1 N–H and O–H groups in total. The van der Waals surface area contributed by atoms with E-state index in [1.165, 1.54) is 4.88 Å². The molecule has 0 aliphatic rings. The van der Waals surface area contributed by atoms with E-state index in [-0.39, 0.29) is 5.91 Å². The fourth-order valence-corrected chi connectivity index (χ4v) is 4.38. The van der Waals surface area contributed by atoms with E-state index in [4.69, 9.17) is 4.74 Å². The zero-order valence-electron chi connectivity index (χ0n) is 18.3. The van der Waals surface area contributed by atoms with Crippen molar-refractivity contribution in [1.29, 1.82) is 0 Å². The van der Waals surface area contributed by atoms with E-state index in [0.29, 0.717) is 12.1 Å². The molecule has 6 heteroatoms. The first kappa shape index (κ1) is 21.8. The molecule has 0 spiro atoms. The summed E-state index contributed by atoms with van der Waals surface area (Å²) in [6.07, 6.45) is -0.905. The van der Waals surface area contributed by atoms with Crippen LogP contribution in [0.25, 0.3) is 0 Å². The molecule has 0 fully saturated rings. The van der Waals surface area contributed by atoms with E-state index >= 15 is 0 Å². The molecule has 1 atom stereocenters. The van der Waals surface area contributed by atoms with Crippen molar-refractivity contribution >= 4 is 28.9 Å². The molecule has 2 heterocycles. The number of nitrogens with zero attached hydrogens (tertiary/aromatic N) is 1. The van der Waals surface area contributed by atoms with Crippen molar-refractivity contribution in [3.05, 3.63) is 74.2 Å². The van der Waals surface area contributed by atoms with Crippen LogP contribution in [-0.4, -0.2) is 22.5 Å². The highest BCUT2D eigenvalue weighted by Gasteiger charge is 2.23. The third-order valence-electron chi connectivity index (χ3n) is 5.27. The molecule has 1 aromatic carbocycles. The summed E-state index contributed by atoms with van der Waals surface area (Å²) in [5.74, 6) is -0.827. The Morgan fingerprint density at radius 1 is 1.10 bits per heavy atom. The average Bonchev–Trinajstić information content (AvgIpc) is 3.28. The minimum absolute atomic E-state index is 0.342. The fourth-order valence-electron chi connectivity index (χ4n) is 3.69. The number of ether oxygens (including phenoxy) is 1. The maximum Gasteiger partial charge on any atom is 0.340 e. The second-order valence-corrected chi connectivity index (χ2v) is 8.79. The number of esters is 1. The zero-order chi connectivity index (χ0) is 22.0. The Morgan fingerprint density at radius 2 is 1.77 bits per heavy atom. The van der Waals surface area contributed by atoms with Gasteiger partial charge in [0, 0.05) is 22.0 Å². The van der Waals surface area contributed by atoms with Gasteiger partial charge >= 0.3 is 5.97 Å². The Balaban J connectivity index is 1.70. The maximum atomic E-state index is 12.8. The lowest BCUT2D eigenvalue weighted by atomic mass is 10.0. The molecule has 0 bridgehead atoms. The molecule has 158 valence electrons. The summed E-state index contributed by atoms with van der Waals surface area (Å²) >= 11 is 1.68. The number of carbonyl (C=O) groups excluding carboxylic acids is 2. The van der Waals surface area contributed by atoms with Crippen molar-refractivity contribution in [3.63, 3.8) is 0 Å².